The standard InChI is InChI=1S/C25H44N2O6/c1-7-31-20(28)17-25(13-15-27(16-14-25)22(30)33-23(3,4)5)18-26-19-9-11-24(6,12-10-19)21(29)32-8-2/h19,26H,7-18H2,1-6H3. The Bertz CT molecular complexity index is 671. The average Bonchev–Trinajstić information content (AvgIpc) is 2.73. The zero-order chi connectivity index (χ0) is 24.7. The van der Waals surface area contributed by atoms with Gasteiger partial charge in [-0.05, 0) is 85.5 Å². The van der Waals surface area contributed by atoms with E-state index in [0.717, 1.165) is 25.7 Å². The van der Waals surface area contributed by atoms with Crippen LogP contribution in [0.4, 0.5) is 4.79 Å². The van der Waals surface area contributed by atoms with Gasteiger partial charge in [-0.15, -0.1) is 0 Å². The van der Waals surface area contributed by atoms with E-state index in [0.29, 0.717) is 58.2 Å². The summed E-state index contributed by atoms with van der Waals surface area (Å²) in [5.74, 6) is -0.291. The minimum absolute atomic E-state index is 0.100. The van der Waals surface area contributed by atoms with Crippen LogP contribution in [-0.2, 0) is 23.8 Å². The molecular formula is C25H44N2O6. The number of hydrogen-bond acceptors (Lipinski definition) is 7. The summed E-state index contributed by atoms with van der Waals surface area (Å²) >= 11 is 0. The number of likely N-dealkylation sites (tertiary alicyclic amines) is 1. The van der Waals surface area contributed by atoms with Crippen LogP contribution < -0.4 is 5.32 Å². The summed E-state index contributed by atoms with van der Waals surface area (Å²) < 4.78 is 16.0. The van der Waals surface area contributed by atoms with Crippen LogP contribution >= 0.6 is 0 Å². The van der Waals surface area contributed by atoms with Gasteiger partial charge in [-0.25, -0.2) is 4.79 Å². The lowest BCUT2D eigenvalue weighted by Crippen LogP contribution is -2.51. The number of nitrogens with zero attached hydrogens (tertiary/aromatic N) is 1. The van der Waals surface area contributed by atoms with Gasteiger partial charge in [-0.2, -0.15) is 0 Å². The number of hydrogen-bond donors (Lipinski definition) is 1. The molecule has 0 aromatic heterocycles. The highest BCUT2D eigenvalue weighted by molar-refractivity contribution is 5.76. The van der Waals surface area contributed by atoms with Gasteiger partial charge in [-0.1, -0.05) is 0 Å². The molecule has 2 aliphatic rings. The van der Waals surface area contributed by atoms with Crippen LogP contribution in [0.5, 0.6) is 0 Å². The second-order valence-electron chi connectivity index (χ2n) is 10.9. The Morgan fingerprint density at radius 1 is 0.970 bits per heavy atom. The highest BCUT2D eigenvalue weighted by atomic mass is 16.6. The summed E-state index contributed by atoms with van der Waals surface area (Å²) in [5.41, 5.74) is -1.20. The van der Waals surface area contributed by atoms with Gasteiger partial charge in [0.15, 0.2) is 0 Å². The third-order valence-corrected chi connectivity index (χ3v) is 6.92. The molecule has 33 heavy (non-hydrogen) atoms. The molecule has 8 heteroatoms. The van der Waals surface area contributed by atoms with Crippen LogP contribution in [-0.4, -0.2) is 67.4 Å². The van der Waals surface area contributed by atoms with Crippen LogP contribution in [0.25, 0.3) is 0 Å². The first-order chi connectivity index (χ1) is 15.4. The summed E-state index contributed by atoms with van der Waals surface area (Å²) in [4.78, 5) is 38.9. The van der Waals surface area contributed by atoms with Gasteiger partial charge >= 0.3 is 18.0 Å². The quantitative estimate of drug-likeness (QED) is 0.424. The van der Waals surface area contributed by atoms with E-state index >= 15 is 0 Å². The number of amides is 1. The lowest BCUT2D eigenvalue weighted by atomic mass is 9.72. The predicted molar refractivity (Wildman–Crippen MR) is 126 cm³/mol. The molecule has 0 aromatic rings. The molecule has 0 radical (unpaired) electrons. The minimum atomic E-state index is -0.531. The Morgan fingerprint density at radius 2 is 1.55 bits per heavy atom. The highest BCUT2D eigenvalue weighted by Gasteiger charge is 2.42. The van der Waals surface area contributed by atoms with Crippen molar-refractivity contribution in [2.24, 2.45) is 10.8 Å². The fourth-order valence-electron chi connectivity index (χ4n) is 4.75. The molecule has 1 N–H and O–H groups in total. The zero-order valence-electron chi connectivity index (χ0n) is 21.5. The Hall–Kier alpha value is -1.83. The van der Waals surface area contributed by atoms with Crippen molar-refractivity contribution in [3.8, 4) is 0 Å². The molecule has 1 heterocycles. The molecular weight excluding hydrogens is 424 g/mol. The third-order valence-electron chi connectivity index (χ3n) is 6.92. The van der Waals surface area contributed by atoms with Gasteiger partial charge in [0.1, 0.15) is 5.60 Å². The number of piperidine rings is 1. The molecule has 1 saturated carbocycles. The molecule has 0 atom stereocenters. The molecule has 1 aliphatic carbocycles. The molecule has 0 aromatic carbocycles. The van der Waals surface area contributed by atoms with Crippen molar-refractivity contribution >= 4 is 18.0 Å². The molecule has 1 amide bonds. The molecule has 0 spiro atoms. The maximum Gasteiger partial charge on any atom is 0.410 e. The number of carbonyl (C=O) groups excluding carboxylic acids is 3. The maximum atomic E-state index is 12.5. The van der Waals surface area contributed by atoms with Crippen molar-refractivity contribution in [2.45, 2.75) is 98.1 Å². The highest BCUT2D eigenvalue weighted by Crippen LogP contribution is 2.39. The first kappa shape index (κ1) is 27.4. The summed E-state index contributed by atoms with van der Waals surface area (Å²) in [6, 6.07) is 0.301. The topological polar surface area (TPSA) is 94.2 Å². The fraction of sp³-hybridized carbons (Fsp3) is 0.880. The fourth-order valence-corrected chi connectivity index (χ4v) is 4.75. The Balaban J connectivity index is 1.95. The second-order valence-corrected chi connectivity index (χ2v) is 10.9. The third kappa shape index (κ3) is 8.16. The van der Waals surface area contributed by atoms with E-state index in [9.17, 15) is 14.4 Å². The normalized spacial score (nSPS) is 25.3. The van der Waals surface area contributed by atoms with E-state index in [1.807, 2.05) is 41.5 Å². The van der Waals surface area contributed by atoms with Gasteiger partial charge in [0, 0.05) is 25.7 Å². The predicted octanol–water partition coefficient (Wildman–Crippen LogP) is 4.06. The Morgan fingerprint density at radius 3 is 2.06 bits per heavy atom. The molecule has 0 bridgehead atoms. The number of rotatable bonds is 8. The lowest BCUT2D eigenvalue weighted by Gasteiger charge is -2.43. The largest absolute Gasteiger partial charge is 0.466 e. The van der Waals surface area contributed by atoms with Crippen LogP contribution in [0.1, 0.15) is 86.5 Å². The van der Waals surface area contributed by atoms with Gasteiger partial charge < -0.3 is 24.4 Å². The molecule has 0 unspecified atom stereocenters. The van der Waals surface area contributed by atoms with E-state index < -0.39 is 11.0 Å². The van der Waals surface area contributed by atoms with Crippen molar-refractivity contribution in [2.75, 3.05) is 32.8 Å². The molecule has 1 aliphatic heterocycles. The van der Waals surface area contributed by atoms with Crippen LogP contribution in [0.15, 0.2) is 0 Å². The maximum absolute atomic E-state index is 12.5. The monoisotopic (exact) mass is 468 g/mol. The number of esters is 2. The smallest absolute Gasteiger partial charge is 0.410 e. The van der Waals surface area contributed by atoms with Gasteiger partial charge in [-0.3, -0.25) is 9.59 Å². The van der Waals surface area contributed by atoms with E-state index in [1.165, 1.54) is 0 Å². The van der Waals surface area contributed by atoms with Crippen molar-refractivity contribution in [3.05, 3.63) is 0 Å². The molecule has 190 valence electrons. The number of nitrogens with one attached hydrogen (secondary N) is 1. The van der Waals surface area contributed by atoms with Crippen molar-refractivity contribution in [1.29, 1.82) is 0 Å². The van der Waals surface area contributed by atoms with Crippen LogP contribution in [0.3, 0.4) is 0 Å². The van der Waals surface area contributed by atoms with Gasteiger partial charge in [0.05, 0.1) is 25.0 Å². The van der Waals surface area contributed by atoms with Crippen molar-refractivity contribution < 1.29 is 28.6 Å². The number of ether oxygens (including phenoxy) is 3. The van der Waals surface area contributed by atoms with Crippen LogP contribution in [0, 0.1) is 10.8 Å². The summed E-state index contributed by atoms with van der Waals surface area (Å²) in [7, 11) is 0. The molecule has 2 fully saturated rings. The average molecular weight is 469 g/mol. The van der Waals surface area contributed by atoms with E-state index in [1.54, 1.807) is 4.90 Å². The minimum Gasteiger partial charge on any atom is -0.466 e. The SMILES string of the molecule is CCOC(=O)CC1(CNC2CCC(C)(C(=O)OCC)CC2)CCN(C(=O)OC(C)(C)C)CC1. The van der Waals surface area contributed by atoms with Crippen molar-refractivity contribution in [1.82, 2.24) is 10.2 Å². The lowest BCUT2D eigenvalue weighted by molar-refractivity contribution is -0.156. The zero-order valence-corrected chi connectivity index (χ0v) is 21.5. The second kappa shape index (κ2) is 11.5. The molecule has 1 saturated heterocycles. The Labute approximate surface area is 199 Å². The van der Waals surface area contributed by atoms with E-state index in [4.69, 9.17) is 14.2 Å². The number of carbonyl (C=O) groups is 3. The summed E-state index contributed by atoms with van der Waals surface area (Å²) in [5, 5.41) is 3.68. The van der Waals surface area contributed by atoms with E-state index in [-0.39, 0.29) is 23.4 Å². The molecule has 8 nitrogen and oxygen atoms in total. The van der Waals surface area contributed by atoms with Crippen LogP contribution in [0.2, 0.25) is 0 Å². The Kier molecular flexibility index (Phi) is 9.58. The molecule has 2 rings (SSSR count). The first-order valence-corrected chi connectivity index (χ1v) is 12.5. The van der Waals surface area contributed by atoms with Gasteiger partial charge in [0.25, 0.3) is 0 Å². The summed E-state index contributed by atoms with van der Waals surface area (Å²) in [6.45, 7) is 13.8. The van der Waals surface area contributed by atoms with Gasteiger partial charge in [0.2, 0.25) is 0 Å². The van der Waals surface area contributed by atoms with Crippen molar-refractivity contribution in [3.63, 3.8) is 0 Å². The van der Waals surface area contributed by atoms with E-state index in [2.05, 4.69) is 5.32 Å². The summed E-state index contributed by atoms with van der Waals surface area (Å²) in [6.07, 6.45) is 4.84. The first-order valence-electron chi connectivity index (χ1n) is 12.5.